The number of carbonyl (C=O) groups excluding carboxylic acids is 1. The summed E-state index contributed by atoms with van der Waals surface area (Å²) in [6.07, 6.45) is 0. The van der Waals surface area contributed by atoms with Crippen LogP contribution in [0.2, 0.25) is 0 Å². The molecule has 1 amide bonds. The first-order chi connectivity index (χ1) is 7.90. The Morgan fingerprint density at radius 3 is 2.35 bits per heavy atom. The Morgan fingerprint density at radius 1 is 1.18 bits per heavy atom. The summed E-state index contributed by atoms with van der Waals surface area (Å²) >= 11 is 0. The molecule has 17 heavy (non-hydrogen) atoms. The fourth-order valence-corrected chi connectivity index (χ4v) is 1.68. The lowest BCUT2D eigenvalue weighted by Gasteiger charge is -2.18. The van der Waals surface area contributed by atoms with Crippen LogP contribution in [0.1, 0.15) is 31.9 Å². The van der Waals surface area contributed by atoms with Crippen molar-refractivity contribution in [3.63, 3.8) is 0 Å². The lowest BCUT2D eigenvalue weighted by Crippen LogP contribution is -2.41. The molecule has 0 radical (unpaired) electrons. The molecule has 0 aliphatic carbocycles. The van der Waals surface area contributed by atoms with Crippen LogP contribution in [0.15, 0.2) is 18.2 Å². The molecule has 0 unspecified atom stereocenters. The third-order valence-electron chi connectivity index (χ3n) is 2.58. The number of hydrogen-bond acceptors (Lipinski definition) is 2. The molecule has 0 heterocycles. The maximum atomic E-state index is 11.8. The van der Waals surface area contributed by atoms with Gasteiger partial charge in [0.2, 0.25) is 5.91 Å². The summed E-state index contributed by atoms with van der Waals surface area (Å²) in [7, 11) is 0. The SMILES string of the molecule is Cc1ccc(N[C@@H](C)C(=O)NC(C)C)c(C)c1. The van der Waals surface area contributed by atoms with E-state index in [-0.39, 0.29) is 18.0 Å². The van der Waals surface area contributed by atoms with Crippen LogP contribution in [0.4, 0.5) is 5.69 Å². The van der Waals surface area contributed by atoms with Crippen molar-refractivity contribution >= 4 is 11.6 Å². The fourth-order valence-electron chi connectivity index (χ4n) is 1.68. The maximum Gasteiger partial charge on any atom is 0.242 e. The number of hydrogen-bond donors (Lipinski definition) is 2. The lowest BCUT2D eigenvalue weighted by atomic mass is 10.1. The predicted octanol–water partition coefficient (Wildman–Crippen LogP) is 2.63. The minimum absolute atomic E-state index is 0.0278. The molecule has 1 rings (SSSR count). The molecule has 1 aromatic carbocycles. The molecule has 0 aliphatic rings. The van der Waals surface area contributed by atoms with E-state index in [1.165, 1.54) is 5.56 Å². The molecule has 0 saturated heterocycles. The zero-order valence-electron chi connectivity index (χ0n) is 11.3. The van der Waals surface area contributed by atoms with Gasteiger partial charge in [-0.2, -0.15) is 0 Å². The Balaban J connectivity index is 2.67. The average molecular weight is 234 g/mol. The second kappa shape index (κ2) is 5.71. The van der Waals surface area contributed by atoms with Crippen molar-refractivity contribution in [2.45, 2.75) is 46.7 Å². The maximum absolute atomic E-state index is 11.8. The van der Waals surface area contributed by atoms with Gasteiger partial charge in [0.25, 0.3) is 0 Å². The van der Waals surface area contributed by atoms with E-state index in [2.05, 4.69) is 23.6 Å². The number of amides is 1. The number of anilines is 1. The van der Waals surface area contributed by atoms with E-state index in [4.69, 9.17) is 0 Å². The van der Waals surface area contributed by atoms with Gasteiger partial charge < -0.3 is 10.6 Å². The van der Waals surface area contributed by atoms with Gasteiger partial charge in [-0.05, 0) is 46.2 Å². The van der Waals surface area contributed by atoms with Crippen molar-refractivity contribution in [3.05, 3.63) is 29.3 Å². The zero-order valence-corrected chi connectivity index (χ0v) is 11.3. The van der Waals surface area contributed by atoms with Crippen molar-refractivity contribution in [1.82, 2.24) is 5.32 Å². The molecule has 94 valence electrons. The molecule has 0 spiro atoms. The normalized spacial score (nSPS) is 12.4. The average Bonchev–Trinajstić information content (AvgIpc) is 2.21. The third-order valence-corrected chi connectivity index (χ3v) is 2.58. The molecule has 0 bridgehead atoms. The van der Waals surface area contributed by atoms with Crippen molar-refractivity contribution in [2.24, 2.45) is 0 Å². The Kier molecular flexibility index (Phi) is 4.55. The predicted molar refractivity (Wildman–Crippen MR) is 72.3 cm³/mol. The van der Waals surface area contributed by atoms with Crippen molar-refractivity contribution in [1.29, 1.82) is 0 Å². The standard InChI is InChI=1S/C14H22N2O/c1-9(2)15-14(17)12(5)16-13-7-6-10(3)8-11(13)4/h6-9,12,16H,1-5H3,(H,15,17)/t12-/m0/s1. The van der Waals surface area contributed by atoms with E-state index in [1.54, 1.807) is 0 Å². The second-order valence-electron chi connectivity index (χ2n) is 4.85. The number of rotatable bonds is 4. The van der Waals surface area contributed by atoms with Gasteiger partial charge >= 0.3 is 0 Å². The smallest absolute Gasteiger partial charge is 0.242 e. The summed E-state index contributed by atoms with van der Waals surface area (Å²) in [6, 6.07) is 6.12. The Hall–Kier alpha value is -1.51. The third kappa shape index (κ3) is 4.10. The minimum atomic E-state index is -0.223. The number of aryl methyl sites for hydroxylation is 2. The molecule has 0 aromatic heterocycles. The van der Waals surface area contributed by atoms with Gasteiger partial charge in [0.1, 0.15) is 6.04 Å². The molecule has 3 nitrogen and oxygen atoms in total. The van der Waals surface area contributed by atoms with Crippen molar-refractivity contribution < 1.29 is 4.79 Å². The van der Waals surface area contributed by atoms with Crippen LogP contribution in [0.25, 0.3) is 0 Å². The molecular weight excluding hydrogens is 212 g/mol. The molecular formula is C14H22N2O. The highest BCUT2D eigenvalue weighted by Crippen LogP contribution is 2.16. The lowest BCUT2D eigenvalue weighted by molar-refractivity contribution is -0.122. The minimum Gasteiger partial charge on any atom is -0.374 e. The molecule has 2 N–H and O–H groups in total. The van der Waals surface area contributed by atoms with Gasteiger partial charge in [-0.25, -0.2) is 0 Å². The van der Waals surface area contributed by atoms with Crippen LogP contribution in [-0.2, 0) is 4.79 Å². The van der Waals surface area contributed by atoms with Gasteiger partial charge in [0.15, 0.2) is 0 Å². The monoisotopic (exact) mass is 234 g/mol. The summed E-state index contributed by atoms with van der Waals surface area (Å²) < 4.78 is 0. The summed E-state index contributed by atoms with van der Waals surface area (Å²) in [5.74, 6) is 0.0278. The molecule has 1 aromatic rings. The number of carbonyl (C=O) groups is 1. The molecule has 0 saturated carbocycles. The first-order valence-corrected chi connectivity index (χ1v) is 6.04. The highest BCUT2D eigenvalue weighted by atomic mass is 16.2. The first-order valence-electron chi connectivity index (χ1n) is 6.04. The topological polar surface area (TPSA) is 41.1 Å². The number of benzene rings is 1. The summed E-state index contributed by atoms with van der Waals surface area (Å²) in [5, 5.41) is 6.12. The molecule has 1 atom stereocenters. The quantitative estimate of drug-likeness (QED) is 0.841. The van der Waals surface area contributed by atoms with Crippen molar-refractivity contribution in [3.8, 4) is 0 Å². The van der Waals surface area contributed by atoms with Gasteiger partial charge in [-0.3, -0.25) is 4.79 Å². The van der Waals surface area contributed by atoms with Crippen LogP contribution in [0, 0.1) is 13.8 Å². The van der Waals surface area contributed by atoms with E-state index in [0.717, 1.165) is 11.3 Å². The fraction of sp³-hybridized carbons (Fsp3) is 0.500. The first kappa shape index (κ1) is 13.6. The summed E-state index contributed by atoms with van der Waals surface area (Å²) in [4.78, 5) is 11.8. The van der Waals surface area contributed by atoms with E-state index in [0.29, 0.717) is 0 Å². The largest absolute Gasteiger partial charge is 0.374 e. The van der Waals surface area contributed by atoms with E-state index >= 15 is 0 Å². The Bertz CT molecular complexity index is 399. The van der Waals surface area contributed by atoms with E-state index in [1.807, 2.05) is 39.8 Å². The van der Waals surface area contributed by atoms with E-state index < -0.39 is 0 Å². The molecule has 0 fully saturated rings. The van der Waals surface area contributed by atoms with Crippen LogP contribution >= 0.6 is 0 Å². The van der Waals surface area contributed by atoms with Gasteiger partial charge in [-0.15, -0.1) is 0 Å². The van der Waals surface area contributed by atoms with Gasteiger partial charge in [0, 0.05) is 11.7 Å². The van der Waals surface area contributed by atoms with Crippen LogP contribution < -0.4 is 10.6 Å². The summed E-state index contributed by atoms with van der Waals surface area (Å²) in [6.45, 7) is 9.90. The van der Waals surface area contributed by atoms with E-state index in [9.17, 15) is 4.79 Å². The van der Waals surface area contributed by atoms with Crippen LogP contribution in [0.5, 0.6) is 0 Å². The highest BCUT2D eigenvalue weighted by molar-refractivity contribution is 5.84. The molecule has 3 heteroatoms. The number of nitrogens with one attached hydrogen (secondary N) is 2. The van der Waals surface area contributed by atoms with Gasteiger partial charge in [-0.1, -0.05) is 17.7 Å². The zero-order chi connectivity index (χ0) is 13.0. The van der Waals surface area contributed by atoms with Crippen molar-refractivity contribution in [2.75, 3.05) is 5.32 Å². The van der Waals surface area contributed by atoms with Gasteiger partial charge in [0.05, 0.1) is 0 Å². The summed E-state index contributed by atoms with van der Waals surface area (Å²) in [5.41, 5.74) is 3.41. The Labute approximate surface area is 104 Å². The van der Waals surface area contributed by atoms with Crippen LogP contribution in [0.3, 0.4) is 0 Å². The highest BCUT2D eigenvalue weighted by Gasteiger charge is 2.13. The Morgan fingerprint density at radius 2 is 1.82 bits per heavy atom. The second-order valence-corrected chi connectivity index (χ2v) is 4.85. The van der Waals surface area contributed by atoms with Crippen LogP contribution in [-0.4, -0.2) is 18.0 Å². The molecule has 0 aliphatic heterocycles.